The molecule has 4 nitrogen and oxygen atoms in total. The average molecular weight is 216 g/mol. The zero-order chi connectivity index (χ0) is 10.0. The van der Waals surface area contributed by atoms with Crippen molar-refractivity contribution in [2.45, 2.75) is 33.1 Å². The molecule has 0 saturated carbocycles. The van der Waals surface area contributed by atoms with E-state index in [1.165, 1.54) is 6.92 Å². The first kappa shape index (κ1) is 19.0. The molecule has 0 atom stereocenters. The van der Waals surface area contributed by atoms with Gasteiger partial charge in [0, 0.05) is 36.5 Å². The summed E-state index contributed by atoms with van der Waals surface area (Å²) in [6.45, 7) is 3.41. The summed E-state index contributed by atoms with van der Waals surface area (Å²) in [5, 5.41) is 7.32. The fourth-order valence-corrected chi connectivity index (χ4v) is 1.10. The van der Waals surface area contributed by atoms with Crippen LogP contribution in [0.2, 0.25) is 0 Å². The molecule has 0 spiro atoms. The van der Waals surface area contributed by atoms with Crippen molar-refractivity contribution in [3.63, 3.8) is 0 Å². The number of hydrogen-bond donors (Lipinski definition) is 1. The average Bonchev–Trinajstić information content (AvgIpc) is 1.87. The molecule has 6 heteroatoms. The standard InChI is InChI=1S/C5H12O3S.C2H3N.Na/c1-2-3-4-5-9(6,7)8;1-2-3;/h2-5H2,1H3,(H,6,7,8);1H3;. The van der Waals surface area contributed by atoms with Crippen molar-refractivity contribution in [1.29, 1.82) is 5.26 Å². The van der Waals surface area contributed by atoms with E-state index in [9.17, 15) is 8.42 Å². The Kier molecular flexibility index (Phi) is 18.2. The smallest absolute Gasteiger partial charge is 0.264 e. The second-order valence-electron chi connectivity index (χ2n) is 2.22. The van der Waals surface area contributed by atoms with Crippen molar-refractivity contribution in [2.24, 2.45) is 0 Å². The molecule has 0 aliphatic rings. The molecule has 0 aliphatic carbocycles. The van der Waals surface area contributed by atoms with E-state index in [2.05, 4.69) is 0 Å². The maximum Gasteiger partial charge on any atom is 0.264 e. The maximum absolute atomic E-state index is 10.1. The van der Waals surface area contributed by atoms with Crippen molar-refractivity contribution in [3.8, 4) is 6.07 Å². The van der Waals surface area contributed by atoms with Gasteiger partial charge in [0.2, 0.25) is 0 Å². The van der Waals surface area contributed by atoms with Gasteiger partial charge in [0.15, 0.2) is 0 Å². The Morgan fingerprint density at radius 3 is 2.00 bits per heavy atom. The van der Waals surface area contributed by atoms with E-state index in [1.807, 2.05) is 6.92 Å². The van der Waals surface area contributed by atoms with Crippen molar-refractivity contribution in [1.82, 2.24) is 0 Å². The number of hydrogen-bond acceptors (Lipinski definition) is 3. The second kappa shape index (κ2) is 12.4. The Hall–Kier alpha value is 0.400. The Balaban J connectivity index is -0.000000220. The van der Waals surface area contributed by atoms with E-state index in [1.54, 1.807) is 6.07 Å². The van der Waals surface area contributed by atoms with Gasteiger partial charge in [-0.2, -0.15) is 13.7 Å². The first-order valence-corrected chi connectivity index (χ1v) is 5.34. The minimum atomic E-state index is -3.70. The van der Waals surface area contributed by atoms with Crippen LogP contribution in [0.4, 0.5) is 0 Å². The molecule has 0 aliphatic heterocycles. The van der Waals surface area contributed by atoms with Gasteiger partial charge in [-0.3, -0.25) is 4.55 Å². The van der Waals surface area contributed by atoms with E-state index in [0.717, 1.165) is 12.8 Å². The Morgan fingerprint density at radius 1 is 1.38 bits per heavy atom. The molecule has 0 aromatic heterocycles. The van der Waals surface area contributed by atoms with Crippen LogP contribution in [-0.4, -0.2) is 48.3 Å². The molecule has 0 aromatic carbocycles. The summed E-state index contributed by atoms with van der Waals surface area (Å²) >= 11 is 0. The third-order valence-electron chi connectivity index (χ3n) is 1.01. The van der Waals surface area contributed by atoms with Gasteiger partial charge in [-0.25, -0.2) is 0 Å². The zero-order valence-electron chi connectivity index (χ0n) is 8.45. The molecule has 73 valence electrons. The van der Waals surface area contributed by atoms with Gasteiger partial charge in [-0.1, -0.05) is 19.8 Å². The third-order valence-corrected chi connectivity index (χ3v) is 1.81. The van der Waals surface area contributed by atoms with Crippen molar-refractivity contribution < 1.29 is 13.0 Å². The van der Waals surface area contributed by atoms with Crippen LogP contribution in [0.3, 0.4) is 0 Å². The van der Waals surface area contributed by atoms with Crippen LogP contribution in [0, 0.1) is 11.3 Å². The summed E-state index contributed by atoms with van der Waals surface area (Å²) in [5.74, 6) is -0.0964. The van der Waals surface area contributed by atoms with Gasteiger partial charge in [0.25, 0.3) is 10.1 Å². The van der Waals surface area contributed by atoms with Crippen molar-refractivity contribution in [3.05, 3.63) is 0 Å². The quantitative estimate of drug-likeness (QED) is 0.435. The van der Waals surface area contributed by atoms with Gasteiger partial charge < -0.3 is 0 Å². The summed E-state index contributed by atoms with van der Waals surface area (Å²) in [7, 11) is -3.70. The maximum atomic E-state index is 10.1. The van der Waals surface area contributed by atoms with Gasteiger partial charge in [-0.05, 0) is 6.42 Å². The normalized spacial score (nSPS) is 8.77. The fraction of sp³-hybridized carbons (Fsp3) is 0.857. The molecule has 0 unspecified atom stereocenters. The first-order valence-electron chi connectivity index (χ1n) is 3.74. The van der Waals surface area contributed by atoms with E-state index in [-0.39, 0.29) is 35.3 Å². The van der Waals surface area contributed by atoms with E-state index < -0.39 is 10.1 Å². The van der Waals surface area contributed by atoms with Crippen molar-refractivity contribution in [2.75, 3.05) is 5.75 Å². The summed E-state index contributed by atoms with van der Waals surface area (Å²) in [6, 6.07) is 1.75. The van der Waals surface area contributed by atoms with E-state index in [4.69, 9.17) is 9.81 Å². The Morgan fingerprint density at radius 2 is 1.77 bits per heavy atom. The van der Waals surface area contributed by atoms with Crippen LogP contribution >= 0.6 is 0 Å². The molecule has 0 saturated heterocycles. The molecule has 1 N–H and O–H groups in total. The molecular formula is C7H15NNaO3S. The number of nitriles is 1. The van der Waals surface area contributed by atoms with Crippen LogP contribution in [0.25, 0.3) is 0 Å². The Bertz CT molecular complexity index is 220. The minimum Gasteiger partial charge on any atom is -0.286 e. The molecule has 0 aromatic rings. The van der Waals surface area contributed by atoms with Crippen LogP contribution in [0.5, 0.6) is 0 Å². The minimum absolute atomic E-state index is 0. The third kappa shape index (κ3) is 32.7. The van der Waals surface area contributed by atoms with Crippen LogP contribution < -0.4 is 0 Å². The van der Waals surface area contributed by atoms with Gasteiger partial charge in [0.1, 0.15) is 0 Å². The fourth-order valence-electron chi connectivity index (χ4n) is 0.534. The second-order valence-corrected chi connectivity index (χ2v) is 3.79. The number of unbranched alkanes of at least 4 members (excludes halogenated alkanes) is 2. The van der Waals surface area contributed by atoms with Crippen LogP contribution in [0.1, 0.15) is 33.1 Å². The summed E-state index contributed by atoms with van der Waals surface area (Å²) < 4.78 is 28.3. The van der Waals surface area contributed by atoms with Crippen LogP contribution in [0.15, 0.2) is 0 Å². The predicted octanol–water partition coefficient (Wildman–Crippen LogP) is 1.21. The van der Waals surface area contributed by atoms with Gasteiger partial charge in [0.05, 0.1) is 11.8 Å². The van der Waals surface area contributed by atoms with E-state index in [0.29, 0.717) is 6.42 Å². The number of rotatable bonds is 4. The molecule has 0 amide bonds. The SMILES string of the molecule is CC#N.CCCCCS(=O)(=O)O.[Na]. The van der Waals surface area contributed by atoms with Crippen LogP contribution in [-0.2, 0) is 10.1 Å². The zero-order valence-corrected chi connectivity index (χ0v) is 11.3. The van der Waals surface area contributed by atoms with Crippen molar-refractivity contribution >= 4 is 39.7 Å². The number of nitrogens with zero attached hydrogens (tertiary/aromatic N) is 1. The monoisotopic (exact) mass is 216 g/mol. The predicted molar refractivity (Wildman–Crippen MR) is 53.0 cm³/mol. The molecule has 13 heavy (non-hydrogen) atoms. The topological polar surface area (TPSA) is 78.2 Å². The summed E-state index contributed by atoms with van der Waals surface area (Å²) in [5.41, 5.74) is 0. The first-order chi connectivity index (χ1) is 5.47. The van der Waals surface area contributed by atoms with E-state index >= 15 is 0 Å². The Labute approximate surface area is 102 Å². The molecule has 1 radical (unpaired) electrons. The summed E-state index contributed by atoms with van der Waals surface area (Å²) in [6.07, 6.45) is 2.39. The molecular weight excluding hydrogens is 201 g/mol. The van der Waals surface area contributed by atoms with Gasteiger partial charge >= 0.3 is 0 Å². The summed E-state index contributed by atoms with van der Waals surface area (Å²) in [4.78, 5) is 0. The molecule has 0 fully saturated rings. The molecule has 0 bridgehead atoms. The largest absolute Gasteiger partial charge is 0.286 e. The molecule has 0 heterocycles. The molecule has 0 rings (SSSR count). The van der Waals surface area contributed by atoms with Gasteiger partial charge in [-0.15, -0.1) is 0 Å².